The Morgan fingerprint density at radius 2 is 1.59 bits per heavy atom. The van der Waals surface area contributed by atoms with Crippen LogP contribution in [0.15, 0.2) is 54.7 Å². The molecule has 6 heteroatoms. The number of piperazine rings is 1. The Labute approximate surface area is 194 Å². The fourth-order valence-electron chi connectivity index (χ4n) is 5.08. The Morgan fingerprint density at radius 1 is 0.875 bits per heavy atom. The van der Waals surface area contributed by atoms with Gasteiger partial charge in [0.15, 0.2) is 0 Å². The van der Waals surface area contributed by atoms with E-state index >= 15 is 0 Å². The molecule has 2 saturated heterocycles. The first-order valence-corrected chi connectivity index (χ1v) is 12.1. The van der Waals surface area contributed by atoms with Gasteiger partial charge in [-0.25, -0.2) is 0 Å². The molecule has 1 N–H and O–H groups in total. The van der Waals surface area contributed by atoms with E-state index in [4.69, 9.17) is 11.6 Å². The molecule has 0 saturated carbocycles. The maximum atomic E-state index is 13.1. The maximum absolute atomic E-state index is 13.1. The van der Waals surface area contributed by atoms with Gasteiger partial charge in [0, 0.05) is 61.9 Å². The fourth-order valence-corrected chi connectivity index (χ4v) is 5.29. The van der Waals surface area contributed by atoms with Crippen LogP contribution < -0.4 is 0 Å². The standard InChI is InChI=1S/C26H31ClN4O/c27-24-3-1-2-20(17-24)18-30-12-14-31(15-13-30)26(32)22-7-10-29(11-8-22)19-21-4-5-25-23(16-21)6-9-28-25/h1-6,9,16-17,22,28H,7-8,10-15,18-19H2. The summed E-state index contributed by atoms with van der Waals surface area (Å²) >= 11 is 6.11. The van der Waals surface area contributed by atoms with E-state index in [2.05, 4.69) is 50.0 Å². The van der Waals surface area contributed by atoms with E-state index in [0.29, 0.717) is 5.91 Å². The van der Waals surface area contributed by atoms with Crippen molar-refractivity contribution < 1.29 is 4.79 Å². The van der Waals surface area contributed by atoms with Crippen LogP contribution in [0.3, 0.4) is 0 Å². The van der Waals surface area contributed by atoms with Gasteiger partial charge in [0.1, 0.15) is 0 Å². The van der Waals surface area contributed by atoms with Gasteiger partial charge in [-0.2, -0.15) is 0 Å². The third kappa shape index (κ3) is 5.01. The van der Waals surface area contributed by atoms with Gasteiger partial charge in [0.05, 0.1) is 0 Å². The van der Waals surface area contributed by atoms with Crippen LogP contribution in [0, 0.1) is 5.92 Å². The quantitative estimate of drug-likeness (QED) is 0.627. The SMILES string of the molecule is O=C(C1CCN(Cc2ccc3[nH]ccc3c2)CC1)N1CCN(Cc2cccc(Cl)c2)CC1. The van der Waals surface area contributed by atoms with Crippen molar-refractivity contribution in [3.63, 3.8) is 0 Å². The molecule has 5 nitrogen and oxygen atoms in total. The van der Waals surface area contributed by atoms with Crippen molar-refractivity contribution in [3.8, 4) is 0 Å². The Hall–Kier alpha value is -2.34. The lowest BCUT2D eigenvalue weighted by molar-refractivity contribution is -0.139. The molecule has 0 radical (unpaired) electrons. The van der Waals surface area contributed by atoms with E-state index in [9.17, 15) is 4.79 Å². The highest BCUT2D eigenvalue weighted by molar-refractivity contribution is 6.30. The van der Waals surface area contributed by atoms with Crippen LogP contribution in [-0.2, 0) is 17.9 Å². The zero-order chi connectivity index (χ0) is 21.9. The molecule has 0 bridgehead atoms. The van der Waals surface area contributed by atoms with E-state index in [1.54, 1.807) is 0 Å². The molecule has 2 fully saturated rings. The Kier molecular flexibility index (Phi) is 6.49. The molecule has 0 unspecified atom stereocenters. The number of nitrogens with one attached hydrogen (secondary N) is 1. The van der Waals surface area contributed by atoms with Crippen molar-refractivity contribution in [3.05, 3.63) is 70.9 Å². The Balaban J connectivity index is 1.08. The monoisotopic (exact) mass is 450 g/mol. The number of hydrogen-bond donors (Lipinski definition) is 1. The summed E-state index contributed by atoms with van der Waals surface area (Å²) < 4.78 is 0. The molecule has 32 heavy (non-hydrogen) atoms. The first-order chi connectivity index (χ1) is 15.6. The Morgan fingerprint density at radius 3 is 2.34 bits per heavy atom. The first-order valence-electron chi connectivity index (χ1n) is 11.7. The molecule has 0 aliphatic carbocycles. The molecular formula is C26H31ClN4O. The van der Waals surface area contributed by atoms with Crippen molar-refractivity contribution in [2.75, 3.05) is 39.3 Å². The fraction of sp³-hybridized carbons (Fsp3) is 0.423. The molecule has 3 aromatic rings. The van der Waals surface area contributed by atoms with Crippen molar-refractivity contribution in [2.24, 2.45) is 5.92 Å². The minimum Gasteiger partial charge on any atom is -0.361 e. The summed E-state index contributed by atoms with van der Waals surface area (Å²) in [5.41, 5.74) is 3.77. The third-order valence-electron chi connectivity index (χ3n) is 6.94. The second kappa shape index (κ2) is 9.65. The highest BCUT2D eigenvalue weighted by atomic mass is 35.5. The zero-order valence-corrected chi connectivity index (χ0v) is 19.2. The average molecular weight is 451 g/mol. The number of hydrogen-bond acceptors (Lipinski definition) is 3. The van der Waals surface area contributed by atoms with Gasteiger partial charge in [-0.1, -0.05) is 29.8 Å². The number of carbonyl (C=O) groups is 1. The van der Waals surface area contributed by atoms with Gasteiger partial charge in [0.25, 0.3) is 0 Å². The number of benzene rings is 2. The lowest BCUT2D eigenvalue weighted by atomic mass is 9.94. The van der Waals surface area contributed by atoms with Crippen molar-refractivity contribution in [1.82, 2.24) is 19.7 Å². The molecule has 2 aromatic carbocycles. The highest BCUT2D eigenvalue weighted by Crippen LogP contribution is 2.23. The van der Waals surface area contributed by atoms with Crippen LogP contribution in [0.25, 0.3) is 10.9 Å². The lowest BCUT2D eigenvalue weighted by Gasteiger charge is -2.38. The third-order valence-corrected chi connectivity index (χ3v) is 7.17. The molecule has 2 aliphatic rings. The molecule has 0 atom stereocenters. The predicted octanol–water partition coefficient (Wildman–Crippen LogP) is 4.38. The first kappa shape index (κ1) is 21.5. The summed E-state index contributed by atoms with van der Waals surface area (Å²) in [4.78, 5) is 23.4. The molecule has 0 spiro atoms. The van der Waals surface area contributed by atoms with Gasteiger partial charge in [0.2, 0.25) is 5.91 Å². The van der Waals surface area contributed by atoms with Crippen LogP contribution in [0.4, 0.5) is 0 Å². The number of rotatable bonds is 5. The van der Waals surface area contributed by atoms with E-state index in [1.165, 1.54) is 22.0 Å². The van der Waals surface area contributed by atoms with E-state index < -0.39 is 0 Å². The molecule has 1 aromatic heterocycles. The summed E-state index contributed by atoms with van der Waals surface area (Å²) in [7, 11) is 0. The number of aromatic amines is 1. The van der Waals surface area contributed by atoms with Crippen LogP contribution >= 0.6 is 11.6 Å². The number of aromatic nitrogens is 1. The van der Waals surface area contributed by atoms with Gasteiger partial charge in [-0.3, -0.25) is 14.6 Å². The molecular weight excluding hydrogens is 420 g/mol. The van der Waals surface area contributed by atoms with Gasteiger partial charge >= 0.3 is 0 Å². The highest BCUT2D eigenvalue weighted by Gasteiger charge is 2.30. The van der Waals surface area contributed by atoms with Gasteiger partial charge < -0.3 is 9.88 Å². The number of amides is 1. The minimum absolute atomic E-state index is 0.179. The zero-order valence-electron chi connectivity index (χ0n) is 18.5. The van der Waals surface area contributed by atoms with Crippen LogP contribution in [0.1, 0.15) is 24.0 Å². The number of H-pyrrole nitrogens is 1. The number of carbonyl (C=O) groups excluding carboxylic acids is 1. The minimum atomic E-state index is 0.179. The molecule has 5 rings (SSSR count). The van der Waals surface area contributed by atoms with Crippen LogP contribution in [0.5, 0.6) is 0 Å². The largest absolute Gasteiger partial charge is 0.361 e. The van der Waals surface area contributed by atoms with Crippen molar-refractivity contribution in [2.45, 2.75) is 25.9 Å². The second-order valence-electron chi connectivity index (χ2n) is 9.18. The molecule has 2 aliphatic heterocycles. The number of halogens is 1. The van der Waals surface area contributed by atoms with E-state index in [1.807, 2.05) is 24.4 Å². The predicted molar refractivity (Wildman–Crippen MR) is 130 cm³/mol. The topological polar surface area (TPSA) is 42.6 Å². The number of likely N-dealkylation sites (tertiary alicyclic amines) is 1. The number of fused-ring (bicyclic) bond motifs is 1. The number of piperidine rings is 1. The summed E-state index contributed by atoms with van der Waals surface area (Å²) in [5.74, 6) is 0.540. The summed E-state index contributed by atoms with van der Waals surface area (Å²) in [5, 5.41) is 2.05. The smallest absolute Gasteiger partial charge is 0.225 e. The summed E-state index contributed by atoms with van der Waals surface area (Å²) in [6.07, 6.45) is 3.92. The van der Waals surface area contributed by atoms with Gasteiger partial charge in [-0.05, 0) is 72.8 Å². The van der Waals surface area contributed by atoms with Crippen molar-refractivity contribution >= 4 is 28.4 Å². The Bertz CT molecular complexity index is 1060. The average Bonchev–Trinajstić information content (AvgIpc) is 3.28. The van der Waals surface area contributed by atoms with E-state index in [-0.39, 0.29) is 5.92 Å². The molecule has 1 amide bonds. The normalized spacial score (nSPS) is 19.0. The summed E-state index contributed by atoms with van der Waals surface area (Å²) in [6, 6.07) is 16.8. The molecule has 168 valence electrons. The lowest BCUT2D eigenvalue weighted by Crippen LogP contribution is -2.51. The van der Waals surface area contributed by atoms with Crippen molar-refractivity contribution in [1.29, 1.82) is 0 Å². The van der Waals surface area contributed by atoms with E-state index in [0.717, 1.165) is 70.2 Å². The number of nitrogens with zero attached hydrogens (tertiary/aromatic N) is 3. The molecule has 3 heterocycles. The second-order valence-corrected chi connectivity index (χ2v) is 9.62. The summed E-state index contributed by atoms with van der Waals surface area (Å²) in [6.45, 7) is 7.37. The van der Waals surface area contributed by atoms with Gasteiger partial charge in [-0.15, -0.1) is 0 Å². The van der Waals surface area contributed by atoms with Crippen LogP contribution in [-0.4, -0.2) is 64.9 Å². The maximum Gasteiger partial charge on any atom is 0.225 e. The van der Waals surface area contributed by atoms with Crippen LogP contribution in [0.2, 0.25) is 5.02 Å².